The van der Waals surface area contributed by atoms with Crippen molar-refractivity contribution in [2.24, 2.45) is 11.8 Å². The molecule has 0 N–H and O–H groups in total. The molecule has 3 aliphatic rings. The van der Waals surface area contributed by atoms with E-state index in [-0.39, 0.29) is 10.1 Å². The summed E-state index contributed by atoms with van der Waals surface area (Å²) in [4.78, 5) is 24.1. The zero-order chi connectivity index (χ0) is 20.6. The number of para-hydroxylation sites is 2. The molecule has 1 saturated heterocycles. The monoisotopic (exact) mass is 501 g/mol. The second-order valence-electron chi connectivity index (χ2n) is 6.91. The Labute approximate surface area is 191 Å². The Morgan fingerprint density at radius 3 is 1.96 bits per heavy atom. The lowest BCUT2D eigenvalue weighted by Gasteiger charge is -2.34. The van der Waals surface area contributed by atoms with Crippen molar-refractivity contribution in [1.29, 1.82) is 0 Å². The molecule has 0 aromatic heterocycles. The van der Waals surface area contributed by atoms with Gasteiger partial charge in [0, 0.05) is 0 Å². The molecule has 1 heterocycles. The zero-order valence-electron chi connectivity index (χ0n) is 14.3. The number of anilines is 1. The summed E-state index contributed by atoms with van der Waals surface area (Å²) in [6.07, 6.45) is 0.757. The van der Waals surface area contributed by atoms with Gasteiger partial charge in [0.05, 0.1) is 34.2 Å². The molecule has 4 rings (SSSR count). The van der Waals surface area contributed by atoms with Gasteiger partial charge in [-0.1, -0.05) is 65.5 Å². The number of carbonyl (C=O) groups excluding carboxylic acids is 2. The van der Waals surface area contributed by atoms with Crippen LogP contribution in [0, 0.1) is 11.8 Å². The number of alkyl halides is 4. The molecule has 0 radical (unpaired) electrons. The number of hydrogen-bond donors (Lipinski definition) is 0. The molecular weight excluding hydrogens is 491 g/mol. The predicted octanol–water partition coefficient (Wildman–Crippen LogP) is 5.43. The maximum Gasteiger partial charge on any atom is 0.240 e. The SMILES string of the molecule is CCCOc1ccccc1N1C(=O)[C@H]2[C@H](C1=O)[C@]1(Cl)C(Cl)=C(Cl)[C@]2(Cl)C1(Cl)Cl. The van der Waals surface area contributed by atoms with E-state index in [1.54, 1.807) is 24.3 Å². The molecule has 150 valence electrons. The Bertz CT molecular complexity index is 888. The second-order valence-corrected chi connectivity index (χ2v) is 10.2. The van der Waals surface area contributed by atoms with Gasteiger partial charge in [0.1, 0.15) is 15.5 Å². The molecule has 2 aliphatic carbocycles. The first-order valence-electron chi connectivity index (χ1n) is 8.48. The summed E-state index contributed by atoms with van der Waals surface area (Å²) < 4.78 is 3.75. The van der Waals surface area contributed by atoms with Gasteiger partial charge >= 0.3 is 0 Å². The van der Waals surface area contributed by atoms with Crippen LogP contribution in [0.2, 0.25) is 0 Å². The molecular formula is C18H13Cl6NO3. The fraction of sp³-hybridized carbons (Fsp3) is 0.444. The molecule has 1 saturated carbocycles. The number of fused-ring (bicyclic) bond motifs is 5. The first-order chi connectivity index (χ1) is 13.1. The molecule has 0 spiro atoms. The Morgan fingerprint density at radius 1 is 0.964 bits per heavy atom. The number of hydrogen-bond acceptors (Lipinski definition) is 3. The number of carbonyl (C=O) groups is 2. The molecule has 2 fully saturated rings. The van der Waals surface area contributed by atoms with Crippen LogP contribution in [0.3, 0.4) is 0 Å². The topological polar surface area (TPSA) is 46.6 Å². The van der Waals surface area contributed by atoms with E-state index in [1.165, 1.54) is 0 Å². The van der Waals surface area contributed by atoms with Crippen molar-refractivity contribution in [2.45, 2.75) is 27.4 Å². The Kier molecular flexibility index (Phi) is 4.90. The van der Waals surface area contributed by atoms with Crippen LogP contribution in [0.1, 0.15) is 13.3 Å². The van der Waals surface area contributed by atoms with Gasteiger partial charge in [0.25, 0.3) is 0 Å². The molecule has 4 atom stereocenters. The molecule has 1 aliphatic heterocycles. The predicted molar refractivity (Wildman–Crippen MR) is 112 cm³/mol. The first-order valence-corrected chi connectivity index (χ1v) is 10.7. The van der Waals surface area contributed by atoms with E-state index in [9.17, 15) is 9.59 Å². The first kappa shape index (κ1) is 20.9. The molecule has 4 nitrogen and oxygen atoms in total. The van der Waals surface area contributed by atoms with Crippen molar-refractivity contribution < 1.29 is 14.3 Å². The summed E-state index contributed by atoms with van der Waals surface area (Å²) >= 11 is 39.0. The number of imide groups is 1. The van der Waals surface area contributed by atoms with E-state index in [4.69, 9.17) is 74.3 Å². The molecule has 10 heteroatoms. The fourth-order valence-corrected chi connectivity index (χ4v) is 7.14. The van der Waals surface area contributed by atoms with Crippen LogP contribution >= 0.6 is 69.6 Å². The number of nitrogens with zero attached hydrogens (tertiary/aromatic N) is 1. The van der Waals surface area contributed by atoms with Gasteiger partial charge in [-0.05, 0) is 18.6 Å². The quantitative estimate of drug-likeness (QED) is 0.407. The van der Waals surface area contributed by atoms with Gasteiger partial charge in [-0.2, -0.15) is 0 Å². The normalized spacial score (nSPS) is 35.8. The van der Waals surface area contributed by atoms with Gasteiger partial charge in [-0.3, -0.25) is 9.59 Å². The third kappa shape index (κ3) is 2.17. The van der Waals surface area contributed by atoms with E-state index in [1.807, 2.05) is 6.92 Å². The van der Waals surface area contributed by atoms with Crippen LogP contribution in [0.25, 0.3) is 0 Å². The van der Waals surface area contributed by atoms with E-state index in [0.29, 0.717) is 18.0 Å². The van der Waals surface area contributed by atoms with Crippen molar-refractivity contribution in [3.8, 4) is 5.75 Å². The maximum absolute atomic E-state index is 13.4. The third-order valence-corrected chi connectivity index (χ3v) is 9.74. The average Bonchev–Trinajstić information content (AvgIpc) is 3.04. The van der Waals surface area contributed by atoms with Crippen molar-refractivity contribution >= 4 is 87.1 Å². The number of rotatable bonds is 4. The second kappa shape index (κ2) is 6.57. The van der Waals surface area contributed by atoms with Crippen LogP contribution in [0.4, 0.5) is 5.69 Å². The Balaban J connectivity index is 1.85. The molecule has 1 aromatic carbocycles. The highest BCUT2D eigenvalue weighted by Gasteiger charge is 2.87. The highest BCUT2D eigenvalue weighted by atomic mass is 35.5. The Hall–Kier alpha value is -0.360. The summed E-state index contributed by atoms with van der Waals surface area (Å²) in [7, 11) is 0. The lowest BCUT2D eigenvalue weighted by Crippen LogP contribution is -2.50. The third-order valence-electron chi connectivity index (χ3n) is 5.48. The zero-order valence-corrected chi connectivity index (χ0v) is 18.9. The van der Waals surface area contributed by atoms with Crippen LogP contribution in [0.5, 0.6) is 5.75 Å². The van der Waals surface area contributed by atoms with Crippen molar-refractivity contribution in [3.63, 3.8) is 0 Å². The lowest BCUT2D eigenvalue weighted by molar-refractivity contribution is -0.123. The number of allylic oxidation sites excluding steroid dienone is 2. The standard InChI is InChI=1S/C18H13Cl6NO3/c1-2-7-28-9-6-4-3-5-8(9)25-14(26)10-11(15(25)27)17(22)13(20)12(19)16(10,21)18(17,23)24/h3-6,10-11H,2,7H2,1H3/t10-,11-,16+,17+/m1/s1. The van der Waals surface area contributed by atoms with Crippen LogP contribution in [-0.2, 0) is 9.59 Å². The summed E-state index contributed by atoms with van der Waals surface area (Å²) in [5.74, 6) is -3.15. The van der Waals surface area contributed by atoms with E-state index in [0.717, 1.165) is 11.3 Å². The summed E-state index contributed by atoms with van der Waals surface area (Å²) in [6.45, 7) is 2.37. The number of amides is 2. The molecule has 2 amide bonds. The van der Waals surface area contributed by atoms with Gasteiger partial charge in [-0.25, -0.2) is 4.90 Å². The highest BCUT2D eigenvalue weighted by molar-refractivity contribution is 6.67. The number of benzene rings is 1. The Morgan fingerprint density at radius 2 is 1.46 bits per heavy atom. The summed E-state index contributed by atoms with van der Waals surface area (Å²) in [5.41, 5.74) is 0.294. The average molecular weight is 504 g/mol. The van der Waals surface area contributed by atoms with Gasteiger partial charge in [0.15, 0.2) is 4.33 Å². The minimum absolute atomic E-state index is 0.115. The van der Waals surface area contributed by atoms with E-state index in [2.05, 4.69) is 0 Å². The maximum atomic E-state index is 13.4. The van der Waals surface area contributed by atoms with Crippen LogP contribution in [-0.4, -0.2) is 32.5 Å². The van der Waals surface area contributed by atoms with Crippen molar-refractivity contribution in [3.05, 3.63) is 34.3 Å². The van der Waals surface area contributed by atoms with Gasteiger partial charge in [0.2, 0.25) is 11.8 Å². The minimum atomic E-state index is -1.94. The van der Waals surface area contributed by atoms with Gasteiger partial charge < -0.3 is 4.74 Å². The molecule has 28 heavy (non-hydrogen) atoms. The van der Waals surface area contributed by atoms with Crippen molar-refractivity contribution in [2.75, 3.05) is 11.5 Å². The van der Waals surface area contributed by atoms with E-state index < -0.39 is 37.7 Å². The van der Waals surface area contributed by atoms with Crippen molar-refractivity contribution in [1.82, 2.24) is 0 Å². The number of ether oxygens (including phenoxy) is 1. The largest absolute Gasteiger partial charge is 0.491 e. The lowest BCUT2D eigenvalue weighted by atomic mass is 9.84. The summed E-state index contributed by atoms with van der Waals surface area (Å²) in [6, 6.07) is 6.72. The van der Waals surface area contributed by atoms with Crippen LogP contribution in [0.15, 0.2) is 34.3 Å². The summed E-state index contributed by atoms with van der Waals surface area (Å²) in [5, 5.41) is -0.230. The van der Waals surface area contributed by atoms with E-state index >= 15 is 0 Å². The highest BCUT2D eigenvalue weighted by Crippen LogP contribution is 2.77. The molecule has 1 aromatic rings. The fourth-order valence-electron chi connectivity index (χ4n) is 4.21. The smallest absolute Gasteiger partial charge is 0.240 e. The minimum Gasteiger partial charge on any atom is -0.491 e. The number of halogens is 6. The van der Waals surface area contributed by atoms with Crippen LogP contribution < -0.4 is 9.64 Å². The molecule has 2 bridgehead atoms. The van der Waals surface area contributed by atoms with Gasteiger partial charge in [-0.15, -0.1) is 23.2 Å². The molecule has 0 unspecified atom stereocenters.